The van der Waals surface area contributed by atoms with Gasteiger partial charge >= 0.3 is 5.97 Å². The summed E-state index contributed by atoms with van der Waals surface area (Å²) in [5.74, 6) is 0.337. The fraction of sp³-hybridized carbons (Fsp3) is 0.444. The standard InChI is InChI=1S/C18H21N3O6/c1-2-25-13-5-3-12(4-6-13)17-19-15(27-20-17)7-8-16(22)21-9-10-26-14(11-21)18(23)24/h3-6,14H,2,7-11H2,1H3,(H,23,24)/t14-/m1/s1. The number of carboxylic acid groups (broad SMARTS) is 1. The lowest BCUT2D eigenvalue weighted by molar-refractivity contribution is -0.159. The van der Waals surface area contributed by atoms with Crippen LogP contribution in [0.2, 0.25) is 0 Å². The molecule has 1 aliphatic rings. The van der Waals surface area contributed by atoms with Crippen molar-refractivity contribution in [1.82, 2.24) is 15.0 Å². The van der Waals surface area contributed by atoms with E-state index in [1.54, 1.807) is 0 Å². The van der Waals surface area contributed by atoms with Crippen LogP contribution in [0.1, 0.15) is 19.2 Å². The Morgan fingerprint density at radius 2 is 2.11 bits per heavy atom. The van der Waals surface area contributed by atoms with Crippen LogP contribution in [-0.2, 0) is 20.7 Å². The van der Waals surface area contributed by atoms with E-state index in [0.717, 1.165) is 11.3 Å². The number of hydrogen-bond donors (Lipinski definition) is 1. The van der Waals surface area contributed by atoms with Gasteiger partial charge in [0.15, 0.2) is 6.10 Å². The smallest absolute Gasteiger partial charge is 0.334 e. The molecule has 0 spiro atoms. The third kappa shape index (κ3) is 4.82. The average Bonchev–Trinajstić information content (AvgIpc) is 3.16. The maximum atomic E-state index is 12.3. The van der Waals surface area contributed by atoms with E-state index >= 15 is 0 Å². The van der Waals surface area contributed by atoms with Crippen LogP contribution in [0.25, 0.3) is 11.4 Å². The van der Waals surface area contributed by atoms with E-state index in [2.05, 4.69) is 10.1 Å². The maximum absolute atomic E-state index is 12.3. The predicted molar refractivity (Wildman–Crippen MR) is 93.2 cm³/mol. The molecule has 0 saturated carbocycles. The first-order valence-electron chi connectivity index (χ1n) is 8.75. The molecule has 27 heavy (non-hydrogen) atoms. The Labute approximate surface area is 155 Å². The van der Waals surface area contributed by atoms with E-state index in [1.165, 1.54) is 4.90 Å². The number of carboxylic acids is 1. The SMILES string of the molecule is CCOc1ccc(-c2noc(CCC(=O)N3CCO[C@@H](C(=O)O)C3)n2)cc1. The Balaban J connectivity index is 1.54. The van der Waals surface area contributed by atoms with Gasteiger partial charge in [-0.05, 0) is 31.2 Å². The molecule has 0 aliphatic carbocycles. The highest BCUT2D eigenvalue weighted by Crippen LogP contribution is 2.20. The van der Waals surface area contributed by atoms with Gasteiger partial charge in [0.2, 0.25) is 17.6 Å². The zero-order valence-corrected chi connectivity index (χ0v) is 15.0. The number of amides is 1. The number of hydrogen-bond acceptors (Lipinski definition) is 7. The zero-order chi connectivity index (χ0) is 19.2. The predicted octanol–water partition coefficient (Wildman–Crippen LogP) is 1.38. The first kappa shape index (κ1) is 18.8. The van der Waals surface area contributed by atoms with E-state index in [4.69, 9.17) is 19.1 Å². The fourth-order valence-corrected chi connectivity index (χ4v) is 2.74. The van der Waals surface area contributed by atoms with E-state index in [1.807, 2.05) is 31.2 Å². The molecular weight excluding hydrogens is 354 g/mol. The Morgan fingerprint density at radius 1 is 1.33 bits per heavy atom. The summed E-state index contributed by atoms with van der Waals surface area (Å²) in [7, 11) is 0. The van der Waals surface area contributed by atoms with Crippen LogP contribution in [0.15, 0.2) is 28.8 Å². The van der Waals surface area contributed by atoms with Gasteiger partial charge in [0.25, 0.3) is 0 Å². The summed E-state index contributed by atoms with van der Waals surface area (Å²) in [5.41, 5.74) is 0.789. The molecule has 1 aromatic heterocycles. The molecule has 2 heterocycles. The second kappa shape index (κ2) is 8.63. The third-order valence-electron chi connectivity index (χ3n) is 4.14. The van der Waals surface area contributed by atoms with E-state index in [0.29, 0.717) is 24.9 Å². The summed E-state index contributed by atoms with van der Waals surface area (Å²) in [6.45, 7) is 3.15. The highest BCUT2D eigenvalue weighted by molar-refractivity contribution is 5.78. The van der Waals surface area contributed by atoms with Crippen molar-refractivity contribution in [1.29, 1.82) is 0 Å². The molecule has 1 atom stereocenters. The minimum atomic E-state index is -1.07. The monoisotopic (exact) mass is 375 g/mol. The molecule has 144 valence electrons. The van der Waals surface area contributed by atoms with Crippen molar-refractivity contribution in [3.05, 3.63) is 30.2 Å². The number of aliphatic carboxylic acids is 1. The molecule has 1 fully saturated rings. The summed E-state index contributed by atoms with van der Waals surface area (Å²) < 4.78 is 15.7. The third-order valence-corrected chi connectivity index (χ3v) is 4.14. The molecule has 1 N–H and O–H groups in total. The number of benzene rings is 1. The van der Waals surface area contributed by atoms with Gasteiger partial charge in [0.1, 0.15) is 5.75 Å². The van der Waals surface area contributed by atoms with Crippen LogP contribution < -0.4 is 4.74 Å². The van der Waals surface area contributed by atoms with Crippen molar-refractivity contribution in [2.24, 2.45) is 0 Å². The molecule has 9 nitrogen and oxygen atoms in total. The molecule has 1 amide bonds. The molecule has 0 unspecified atom stereocenters. The average molecular weight is 375 g/mol. The summed E-state index contributed by atoms with van der Waals surface area (Å²) in [4.78, 5) is 29.1. The quantitative estimate of drug-likeness (QED) is 0.772. The van der Waals surface area contributed by atoms with Crippen molar-refractivity contribution < 1.29 is 28.7 Å². The van der Waals surface area contributed by atoms with Gasteiger partial charge in [0.05, 0.1) is 19.8 Å². The number of carbonyl (C=O) groups is 2. The molecule has 1 aromatic carbocycles. The Hall–Kier alpha value is -2.94. The van der Waals surface area contributed by atoms with Gasteiger partial charge in [-0.2, -0.15) is 4.98 Å². The number of aryl methyl sites for hydroxylation is 1. The number of morpholine rings is 1. The molecule has 1 aliphatic heterocycles. The van der Waals surface area contributed by atoms with Crippen LogP contribution in [0.5, 0.6) is 5.75 Å². The van der Waals surface area contributed by atoms with Crippen LogP contribution in [0.4, 0.5) is 0 Å². The minimum Gasteiger partial charge on any atom is -0.494 e. The van der Waals surface area contributed by atoms with Crippen molar-refractivity contribution in [3.63, 3.8) is 0 Å². The first-order valence-corrected chi connectivity index (χ1v) is 8.75. The minimum absolute atomic E-state index is 0.0510. The van der Waals surface area contributed by atoms with E-state index in [-0.39, 0.29) is 31.9 Å². The number of rotatable bonds is 7. The molecule has 0 radical (unpaired) electrons. The zero-order valence-electron chi connectivity index (χ0n) is 15.0. The fourth-order valence-electron chi connectivity index (χ4n) is 2.74. The van der Waals surface area contributed by atoms with Gasteiger partial charge in [-0.1, -0.05) is 5.16 Å². The second-order valence-corrected chi connectivity index (χ2v) is 6.01. The second-order valence-electron chi connectivity index (χ2n) is 6.01. The van der Waals surface area contributed by atoms with Crippen LogP contribution in [0.3, 0.4) is 0 Å². The number of carbonyl (C=O) groups excluding carboxylic acids is 1. The van der Waals surface area contributed by atoms with E-state index < -0.39 is 12.1 Å². The van der Waals surface area contributed by atoms with Crippen molar-refractivity contribution in [2.75, 3.05) is 26.3 Å². The Kier molecular flexibility index (Phi) is 6.02. The first-order chi connectivity index (χ1) is 13.1. The lowest BCUT2D eigenvalue weighted by Gasteiger charge is -2.30. The molecular formula is C18H21N3O6. The molecule has 1 saturated heterocycles. The van der Waals surface area contributed by atoms with Gasteiger partial charge in [0, 0.05) is 24.9 Å². The number of aromatic nitrogens is 2. The molecule has 3 rings (SSSR count). The Morgan fingerprint density at radius 3 is 2.81 bits per heavy atom. The van der Waals surface area contributed by atoms with Crippen LogP contribution in [0, 0.1) is 0 Å². The summed E-state index contributed by atoms with van der Waals surface area (Å²) >= 11 is 0. The maximum Gasteiger partial charge on any atom is 0.334 e. The van der Waals surface area contributed by atoms with Crippen LogP contribution >= 0.6 is 0 Å². The topological polar surface area (TPSA) is 115 Å². The van der Waals surface area contributed by atoms with Crippen molar-refractivity contribution in [3.8, 4) is 17.1 Å². The number of ether oxygens (including phenoxy) is 2. The van der Waals surface area contributed by atoms with Crippen molar-refractivity contribution >= 4 is 11.9 Å². The molecule has 2 aromatic rings. The molecule has 9 heteroatoms. The normalized spacial score (nSPS) is 16.9. The van der Waals surface area contributed by atoms with Crippen LogP contribution in [-0.4, -0.2) is 64.4 Å². The van der Waals surface area contributed by atoms with Gasteiger partial charge in [-0.3, -0.25) is 4.79 Å². The summed E-state index contributed by atoms with van der Waals surface area (Å²) in [6, 6.07) is 7.33. The van der Waals surface area contributed by atoms with Gasteiger partial charge in [-0.15, -0.1) is 0 Å². The largest absolute Gasteiger partial charge is 0.494 e. The number of nitrogens with zero attached hydrogens (tertiary/aromatic N) is 3. The highest BCUT2D eigenvalue weighted by atomic mass is 16.5. The van der Waals surface area contributed by atoms with E-state index in [9.17, 15) is 9.59 Å². The van der Waals surface area contributed by atoms with Gasteiger partial charge < -0.3 is 24.0 Å². The molecule has 0 bridgehead atoms. The summed E-state index contributed by atoms with van der Waals surface area (Å²) in [6.07, 6.45) is -0.521. The summed E-state index contributed by atoms with van der Waals surface area (Å²) in [5, 5.41) is 12.9. The lowest BCUT2D eigenvalue weighted by atomic mass is 10.2. The van der Waals surface area contributed by atoms with Crippen molar-refractivity contribution in [2.45, 2.75) is 25.9 Å². The lowest BCUT2D eigenvalue weighted by Crippen LogP contribution is -2.48. The Bertz CT molecular complexity index is 789. The van der Waals surface area contributed by atoms with Gasteiger partial charge in [-0.25, -0.2) is 4.79 Å². The highest BCUT2D eigenvalue weighted by Gasteiger charge is 2.28.